The average Bonchev–Trinajstić information content (AvgIpc) is 2.17. The Morgan fingerprint density at radius 3 is 2.75 bits per heavy atom. The third kappa shape index (κ3) is 1.52. The molecule has 0 saturated carbocycles. The second-order valence-electron chi connectivity index (χ2n) is 4.41. The monoisotopic (exact) mass is 167 g/mol. The highest BCUT2D eigenvalue weighted by atomic mass is 15.2. The highest BCUT2D eigenvalue weighted by Crippen LogP contribution is 2.32. The lowest BCUT2D eigenvalue weighted by Crippen LogP contribution is -2.47. The molecule has 70 valence electrons. The Balaban J connectivity index is 1.99. The second kappa shape index (κ2) is 3.78. The van der Waals surface area contributed by atoms with Gasteiger partial charge in [-0.25, -0.2) is 0 Å². The molecule has 0 N–H and O–H groups in total. The standard InChI is InChI=1S/C11H21N/c1-2-10-6-5-9-12-8-4-3-7-11(10)12/h10-11H,2-9H2,1H3/t10-,11-/m0/s1. The van der Waals surface area contributed by atoms with Gasteiger partial charge in [0.1, 0.15) is 0 Å². The summed E-state index contributed by atoms with van der Waals surface area (Å²) in [7, 11) is 0. The van der Waals surface area contributed by atoms with Crippen molar-refractivity contribution in [1.29, 1.82) is 0 Å². The average molecular weight is 167 g/mol. The maximum atomic E-state index is 2.75. The van der Waals surface area contributed by atoms with Crippen molar-refractivity contribution in [1.82, 2.24) is 4.90 Å². The van der Waals surface area contributed by atoms with Crippen molar-refractivity contribution >= 4 is 0 Å². The Morgan fingerprint density at radius 1 is 1.08 bits per heavy atom. The van der Waals surface area contributed by atoms with E-state index in [2.05, 4.69) is 11.8 Å². The Bertz CT molecular complexity index is 135. The van der Waals surface area contributed by atoms with Crippen LogP contribution in [-0.4, -0.2) is 24.0 Å². The van der Waals surface area contributed by atoms with E-state index < -0.39 is 0 Å². The van der Waals surface area contributed by atoms with Crippen molar-refractivity contribution in [2.45, 2.75) is 51.5 Å². The van der Waals surface area contributed by atoms with Crippen molar-refractivity contribution in [3.63, 3.8) is 0 Å². The third-order valence-electron chi connectivity index (χ3n) is 3.75. The molecular formula is C11H21N. The molecule has 0 spiro atoms. The number of hydrogen-bond donors (Lipinski definition) is 0. The molecule has 1 nitrogen and oxygen atoms in total. The van der Waals surface area contributed by atoms with Gasteiger partial charge in [-0.1, -0.05) is 19.8 Å². The van der Waals surface area contributed by atoms with Gasteiger partial charge >= 0.3 is 0 Å². The fourth-order valence-electron chi connectivity index (χ4n) is 3.05. The molecule has 2 aliphatic rings. The first-order valence-electron chi connectivity index (χ1n) is 5.66. The second-order valence-corrected chi connectivity index (χ2v) is 4.41. The predicted octanol–water partition coefficient (Wildman–Crippen LogP) is 2.66. The van der Waals surface area contributed by atoms with Gasteiger partial charge in [0.2, 0.25) is 0 Å². The van der Waals surface area contributed by atoms with Crippen LogP contribution in [0.15, 0.2) is 0 Å². The topological polar surface area (TPSA) is 3.24 Å². The van der Waals surface area contributed by atoms with E-state index in [-0.39, 0.29) is 0 Å². The highest BCUT2D eigenvalue weighted by Gasteiger charge is 2.31. The van der Waals surface area contributed by atoms with Gasteiger partial charge < -0.3 is 4.90 Å². The molecule has 2 aliphatic heterocycles. The van der Waals surface area contributed by atoms with Gasteiger partial charge in [0, 0.05) is 6.04 Å². The van der Waals surface area contributed by atoms with Crippen molar-refractivity contribution < 1.29 is 0 Å². The number of hydrogen-bond acceptors (Lipinski definition) is 1. The van der Waals surface area contributed by atoms with Crippen LogP contribution in [0.4, 0.5) is 0 Å². The third-order valence-corrected chi connectivity index (χ3v) is 3.75. The highest BCUT2D eigenvalue weighted by molar-refractivity contribution is 4.86. The molecule has 0 aromatic rings. The van der Waals surface area contributed by atoms with Crippen LogP contribution in [0.2, 0.25) is 0 Å². The molecule has 0 aliphatic carbocycles. The van der Waals surface area contributed by atoms with Crippen LogP contribution in [0.25, 0.3) is 0 Å². The van der Waals surface area contributed by atoms with E-state index in [9.17, 15) is 0 Å². The van der Waals surface area contributed by atoms with E-state index in [1.807, 2.05) is 0 Å². The number of fused-ring (bicyclic) bond motifs is 1. The SMILES string of the molecule is CC[C@H]1CCCN2CCCC[C@@H]12. The zero-order valence-electron chi connectivity index (χ0n) is 8.26. The summed E-state index contributed by atoms with van der Waals surface area (Å²) >= 11 is 0. The largest absolute Gasteiger partial charge is 0.300 e. The first kappa shape index (κ1) is 8.55. The summed E-state index contributed by atoms with van der Waals surface area (Å²) in [6.07, 6.45) is 8.77. The minimum atomic E-state index is 0.970. The summed E-state index contributed by atoms with van der Waals surface area (Å²) in [4.78, 5) is 2.75. The van der Waals surface area contributed by atoms with Gasteiger partial charge in [-0.05, 0) is 44.7 Å². The lowest BCUT2D eigenvalue weighted by molar-refractivity contribution is 0.0580. The van der Waals surface area contributed by atoms with Crippen molar-refractivity contribution in [3.8, 4) is 0 Å². The number of nitrogens with zero attached hydrogens (tertiary/aromatic N) is 1. The zero-order chi connectivity index (χ0) is 8.39. The van der Waals surface area contributed by atoms with Crippen LogP contribution in [0.1, 0.15) is 45.4 Å². The van der Waals surface area contributed by atoms with Crippen LogP contribution in [0.5, 0.6) is 0 Å². The van der Waals surface area contributed by atoms with E-state index in [0.29, 0.717) is 0 Å². The molecule has 2 rings (SSSR count). The van der Waals surface area contributed by atoms with Gasteiger partial charge in [-0.3, -0.25) is 0 Å². The smallest absolute Gasteiger partial charge is 0.0123 e. The molecule has 2 atom stereocenters. The van der Waals surface area contributed by atoms with Crippen LogP contribution in [0, 0.1) is 5.92 Å². The number of rotatable bonds is 1. The number of piperidine rings is 2. The lowest BCUT2D eigenvalue weighted by atomic mass is 9.82. The van der Waals surface area contributed by atoms with Gasteiger partial charge in [-0.15, -0.1) is 0 Å². The van der Waals surface area contributed by atoms with Gasteiger partial charge in [0.15, 0.2) is 0 Å². The molecule has 0 radical (unpaired) electrons. The maximum Gasteiger partial charge on any atom is 0.0123 e. The molecule has 2 saturated heterocycles. The predicted molar refractivity (Wildman–Crippen MR) is 52.2 cm³/mol. The van der Waals surface area contributed by atoms with Crippen molar-refractivity contribution in [2.24, 2.45) is 5.92 Å². The minimum absolute atomic E-state index is 0.970. The summed E-state index contributed by atoms with van der Waals surface area (Å²) in [6, 6.07) is 0.970. The Hall–Kier alpha value is -0.0400. The molecule has 0 aromatic heterocycles. The summed E-state index contributed by atoms with van der Waals surface area (Å²) in [5.74, 6) is 1.03. The summed E-state index contributed by atoms with van der Waals surface area (Å²) < 4.78 is 0. The van der Waals surface area contributed by atoms with Gasteiger partial charge in [-0.2, -0.15) is 0 Å². The molecular weight excluding hydrogens is 146 g/mol. The summed E-state index contributed by atoms with van der Waals surface area (Å²) in [5.41, 5.74) is 0. The lowest BCUT2D eigenvalue weighted by Gasteiger charge is -2.44. The fraction of sp³-hybridized carbons (Fsp3) is 1.00. The van der Waals surface area contributed by atoms with Gasteiger partial charge in [0.25, 0.3) is 0 Å². The van der Waals surface area contributed by atoms with Crippen LogP contribution in [0.3, 0.4) is 0 Å². The summed E-state index contributed by atoms with van der Waals surface area (Å²) in [6.45, 7) is 5.14. The van der Waals surface area contributed by atoms with E-state index in [1.54, 1.807) is 0 Å². The minimum Gasteiger partial charge on any atom is -0.300 e. The van der Waals surface area contributed by atoms with Gasteiger partial charge in [0.05, 0.1) is 0 Å². The van der Waals surface area contributed by atoms with Crippen LogP contribution >= 0.6 is 0 Å². The maximum absolute atomic E-state index is 2.75. The van der Waals surface area contributed by atoms with Crippen molar-refractivity contribution in [3.05, 3.63) is 0 Å². The van der Waals surface area contributed by atoms with Crippen LogP contribution in [-0.2, 0) is 0 Å². The normalized spacial score (nSPS) is 37.8. The van der Waals surface area contributed by atoms with E-state index in [1.165, 1.54) is 51.6 Å². The van der Waals surface area contributed by atoms with E-state index in [0.717, 1.165) is 12.0 Å². The van der Waals surface area contributed by atoms with Crippen LogP contribution < -0.4 is 0 Å². The first-order chi connectivity index (χ1) is 5.92. The molecule has 1 heteroatoms. The molecule has 12 heavy (non-hydrogen) atoms. The van der Waals surface area contributed by atoms with Crippen molar-refractivity contribution in [2.75, 3.05) is 13.1 Å². The Kier molecular flexibility index (Phi) is 2.69. The summed E-state index contributed by atoms with van der Waals surface area (Å²) in [5, 5.41) is 0. The zero-order valence-corrected chi connectivity index (χ0v) is 8.26. The van der Waals surface area contributed by atoms with E-state index in [4.69, 9.17) is 0 Å². The molecule has 2 fully saturated rings. The fourth-order valence-corrected chi connectivity index (χ4v) is 3.05. The quantitative estimate of drug-likeness (QED) is 0.580. The molecule has 0 aromatic carbocycles. The Morgan fingerprint density at radius 2 is 1.92 bits per heavy atom. The molecule has 0 amide bonds. The Labute approximate surface area is 76.1 Å². The molecule has 0 bridgehead atoms. The first-order valence-corrected chi connectivity index (χ1v) is 5.66. The molecule has 2 heterocycles. The molecule has 0 unspecified atom stereocenters. The van der Waals surface area contributed by atoms with E-state index >= 15 is 0 Å².